The van der Waals surface area contributed by atoms with E-state index in [1.807, 2.05) is 0 Å². The second kappa shape index (κ2) is 5.66. The molecule has 0 heterocycles. The number of nitro groups is 1. The first kappa shape index (κ1) is 14.6. The van der Waals surface area contributed by atoms with Crippen molar-refractivity contribution in [3.05, 3.63) is 63.7 Å². The first-order valence-electron chi connectivity index (χ1n) is 5.76. The van der Waals surface area contributed by atoms with Crippen LogP contribution >= 0.6 is 0 Å². The van der Waals surface area contributed by atoms with E-state index in [1.165, 1.54) is 12.1 Å². The molecule has 0 spiro atoms. The number of hydrogen-bond acceptors (Lipinski definition) is 4. The van der Waals surface area contributed by atoms with Crippen molar-refractivity contribution < 1.29 is 23.2 Å². The average Bonchev–Trinajstić information content (AvgIpc) is 2.48. The lowest BCUT2D eigenvalue weighted by Gasteiger charge is -2.06. The van der Waals surface area contributed by atoms with Crippen LogP contribution in [0.25, 0.3) is 11.1 Å². The van der Waals surface area contributed by atoms with Crippen molar-refractivity contribution in [2.24, 2.45) is 0 Å². The molecule has 0 bridgehead atoms. The normalized spacial score (nSPS) is 10.2. The topological polar surface area (TPSA) is 69.4 Å². The Kier molecular flexibility index (Phi) is 3.93. The standard InChI is InChI=1S/C14H9F2NO4/c1-21-14(18)8-2-4-10(13(6-8)17(19)20)11-7-9(15)3-5-12(11)16/h2-7H,1H3. The molecule has 7 heteroatoms. The van der Waals surface area contributed by atoms with E-state index < -0.39 is 28.2 Å². The molecule has 0 amide bonds. The van der Waals surface area contributed by atoms with Gasteiger partial charge in [-0.15, -0.1) is 0 Å². The third-order valence-corrected chi connectivity index (χ3v) is 2.83. The van der Waals surface area contributed by atoms with Gasteiger partial charge in [-0.3, -0.25) is 10.1 Å². The van der Waals surface area contributed by atoms with Gasteiger partial charge >= 0.3 is 5.97 Å². The van der Waals surface area contributed by atoms with Gasteiger partial charge in [0.15, 0.2) is 0 Å². The Morgan fingerprint density at radius 3 is 2.48 bits per heavy atom. The van der Waals surface area contributed by atoms with Crippen LogP contribution in [-0.4, -0.2) is 18.0 Å². The lowest BCUT2D eigenvalue weighted by molar-refractivity contribution is -0.384. The molecule has 5 nitrogen and oxygen atoms in total. The summed E-state index contributed by atoms with van der Waals surface area (Å²) in [5.74, 6) is -2.28. The quantitative estimate of drug-likeness (QED) is 0.494. The fourth-order valence-corrected chi connectivity index (χ4v) is 1.86. The highest BCUT2D eigenvalue weighted by molar-refractivity contribution is 5.92. The molecule has 0 N–H and O–H groups in total. The van der Waals surface area contributed by atoms with Crippen molar-refractivity contribution in [2.45, 2.75) is 0 Å². The third-order valence-electron chi connectivity index (χ3n) is 2.83. The molecular weight excluding hydrogens is 284 g/mol. The van der Waals surface area contributed by atoms with Crippen molar-refractivity contribution in [1.29, 1.82) is 0 Å². The van der Waals surface area contributed by atoms with Gasteiger partial charge in [-0.05, 0) is 30.3 Å². The van der Waals surface area contributed by atoms with Crippen molar-refractivity contribution >= 4 is 11.7 Å². The summed E-state index contributed by atoms with van der Waals surface area (Å²) in [5, 5.41) is 11.1. The van der Waals surface area contributed by atoms with E-state index in [9.17, 15) is 23.7 Å². The summed E-state index contributed by atoms with van der Waals surface area (Å²) in [5.41, 5.74) is -0.935. The van der Waals surface area contributed by atoms with Gasteiger partial charge in [0.1, 0.15) is 11.6 Å². The molecule has 108 valence electrons. The number of esters is 1. The minimum absolute atomic E-state index is 0.0511. The number of rotatable bonds is 3. The van der Waals surface area contributed by atoms with E-state index in [2.05, 4.69) is 4.74 Å². The molecule has 21 heavy (non-hydrogen) atoms. The highest BCUT2D eigenvalue weighted by atomic mass is 19.1. The minimum Gasteiger partial charge on any atom is -0.465 e. The van der Waals surface area contributed by atoms with E-state index in [1.54, 1.807) is 0 Å². The third kappa shape index (κ3) is 2.86. The largest absolute Gasteiger partial charge is 0.465 e. The highest BCUT2D eigenvalue weighted by Gasteiger charge is 2.21. The highest BCUT2D eigenvalue weighted by Crippen LogP contribution is 2.33. The molecule has 2 aromatic rings. The van der Waals surface area contributed by atoms with Crippen LogP contribution < -0.4 is 0 Å². The van der Waals surface area contributed by atoms with E-state index in [4.69, 9.17) is 0 Å². The van der Waals surface area contributed by atoms with Crippen LogP contribution in [0.4, 0.5) is 14.5 Å². The van der Waals surface area contributed by atoms with E-state index >= 15 is 0 Å². The number of nitro benzene ring substituents is 1. The second-order valence-electron chi connectivity index (χ2n) is 4.10. The van der Waals surface area contributed by atoms with Gasteiger partial charge in [-0.25, -0.2) is 13.6 Å². The zero-order chi connectivity index (χ0) is 15.6. The Balaban J connectivity index is 2.66. The van der Waals surface area contributed by atoms with E-state index in [0.717, 1.165) is 31.4 Å². The number of methoxy groups -OCH3 is 1. The molecule has 2 aromatic carbocycles. The molecule has 2 rings (SSSR count). The predicted octanol–water partition coefficient (Wildman–Crippen LogP) is 3.33. The number of halogens is 2. The zero-order valence-electron chi connectivity index (χ0n) is 10.8. The van der Waals surface area contributed by atoms with Crippen LogP contribution in [-0.2, 0) is 4.74 Å². The Bertz CT molecular complexity index is 731. The van der Waals surface area contributed by atoms with Crippen LogP contribution in [0.15, 0.2) is 36.4 Å². The van der Waals surface area contributed by atoms with Crippen LogP contribution in [0.1, 0.15) is 10.4 Å². The number of hydrogen-bond donors (Lipinski definition) is 0. The van der Waals surface area contributed by atoms with Crippen molar-refractivity contribution in [3.63, 3.8) is 0 Å². The van der Waals surface area contributed by atoms with Crippen LogP contribution in [0.5, 0.6) is 0 Å². The fourth-order valence-electron chi connectivity index (χ4n) is 1.86. The summed E-state index contributed by atoms with van der Waals surface area (Å²) in [6.45, 7) is 0. The minimum atomic E-state index is -0.801. The molecule has 0 saturated heterocycles. The Morgan fingerprint density at radius 2 is 1.86 bits per heavy atom. The van der Waals surface area contributed by atoms with Crippen molar-refractivity contribution in [2.75, 3.05) is 7.11 Å². The van der Waals surface area contributed by atoms with Gasteiger partial charge in [-0.2, -0.15) is 0 Å². The Labute approximate surface area is 117 Å². The maximum absolute atomic E-state index is 13.7. The molecule has 0 aliphatic carbocycles. The molecule has 0 atom stereocenters. The van der Waals surface area contributed by atoms with Crippen molar-refractivity contribution in [1.82, 2.24) is 0 Å². The fraction of sp³-hybridized carbons (Fsp3) is 0.0714. The van der Waals surface area contributed by atoms with Crippen LogP contribution in [0.3, 0.4) is 0 Å². The van der Waals surface area contributed by atoms with Gasteiger partial charge in [0.2, 0.25) is 0 Å². The van der Waals surface area contributed by atoms with E-state index in [-0.39, 0.29) is 16.7 Å². The summed E-state index contributed by atoms with van der Waals surface area (Å²) < 4.78 is 31.4. The van der Waals surface area contributed by atoms with Gasteiger partial charge in [-0.1, -0.05) is 0 Å². The number of carbonyl (C=O) groups excluding carboxylic acids is 1. The molecule has 0 aliphatic heterocycles. The summed E-state index contributed by atoms with van der Waals surface area (Å²) in [6, 6.07) is 6.04. The second-order valence-corrected chi connectivity index (χ2v) is 4.10. The number of carbonyl (C=O) groups is 1. The summed E-state index contributed by atoms with van der Waals surface area (Å²) in [4.78, 5) is 21.7. The van der Waals surface area contributed by atoms with Crippen molar-refractivity contribution in [3.8, 4) is 11.1 Å². The maximum atomic E-state index is 13.7. The van der Waals surface area contributed by atoms with Crippen LogP contribution in [0, 0.1) is 21.7 Å². The molecule has 0 aliphatic rings. The zero-order valence-corrected chi connectivity index (χ0v) is 10.8. The summed E-state index contributed by atoms with van der Waals surface area (Å²) in [7, 11) is 1.13. The molecule has 0 saturated carbocycles. The molecular formula is C14H9F2NO4. The smallest absolute Gasteiger partial charge is 0.338 e. The number of benzene rings is 2. The average molecular weight is 293 g/mol. The predicted molar refractivity (Wildman–Crippen MR) is 69.8 cm³/mol. The summed E-state index contributed by atoms with van der Waals surface area (Å²) in [6.07, 6.45) is 0. The Morgan fingerprint density at radius 1 is 1.14 bits per heavy atom. The van der Waals surface area contributed by atoms with Gasteiger partial charge < -0.3 is 4.74 Å². The molecule has 0 radical (unpaired) electrons. The summed E-state index contributed by atoms with van der Waals surface area (Å²) >= 11 is 0. The number of nitrogens with zero attached hydrogens (tertiary/aromatic N) is 1. The van der Waals surface area contributed by atoms with E-state index in [0.29, 0.717) is 0 Å². The first-order chi connectivity index (χ1) is 9.93. The van der Waals surface area contributed by atoms with Gasteiger partial charge in [0, 0.05) is 11.6 Å². The Hall–Kier alpha value is -2.83. The maximum Gasteiger partial charge on any atom is 0.338 e. The molecule has 0 unspecified atom stereocenters. The van der Waals surface area contributed by atoms with Gasteiger partial charge in [0.05, 0.1) is 23.2 Å². The lowest BCUT2D eigenvalue weighted by Crippen LogP contribution is -2.03. The van der Waals surface area contributed by atoms with Gasteiger partial charge in [0.25, 0.3) is 5.69 Å². The monoisotopic (exact) mass is 293 g/mol. The molecule has 0 aromatic heterocycles. The lowest BCUT2D eigenvalue weighted by atomic mass is 10.0. The number of ether oxygens (including phenoxy) is 1. The van der Waals surface area contributed by atoms with Crippen LogP contribution in [0.2, 0.25) is 0 Å². The first-order valence-corrected chi connectivity index (χ1v) is 5.76. The molecule has 0 fully saturated rings. The SMILES string of the molecule is COC(=O)c1ccc(-c2cc(F)ccc2F)c([N+](=O)[O-])c1.